The Balaban J connectivity index is 1.98. The summed E-state index contributed by atoms with van der Waals surface area (Å²) in [5.74, 6) is 0. The Bertz CT molecular complexity index is 1050. The number of hydrogen-bond acceptors (Lipinski definition) is 6. The van der Waals surface area contributed by atoms with Gasteiger partial charge in [-0.15, -0.1) is 0 Å². The molecule has 192 valence electrons. The number of nitrogens with zero attached hydrogens (tertiary/aromatic N) is 3. The standard InChI is InChI=1S/C26H37ClN4O4/c1-18-8-9-20(14-19(18)2)17-28-23-16-22(27)21(15-24(23)31(33)34)10-11-29(6)12-13-30(7)25(32)35-26(3,4)5/h8-9,14-16,28H,10-13,17H2,1-7H3. The van der Waals surface area contributed by atoms with E-state index in [0.717, 1.165) is 5.56 Å². The van der Waals surface area contributed by atoms with E-state index in [4.69, 9.17) is 16.3 Å². The van der Waals surface area contributed by atoms with E-state index in [1.807, 2.05) is 53.8 Å². The van der Waals surface area contributed by atoms with Crippen molar-refractivity contribution < 1.29 is 14.5 Å². The van der Waals surface area contributed by atoms with E-state index in [1.54, 1.807) is 19.2 Å². The van der Waals surface area contributed by atoms with Gasteiger partial charge in [-0.1, -0.05) is 29.8 Å². The molecule has 1 amide bonds. The maximum Gasteiger partial charge on any atom is 0.410 e. The minimum atomic E-state index is -0.539. The van der Waals surface area contributed by atoms with Gasteiger partial charge in [-0.25, -0.2) is 4.79 Å². The molecule has 0 radical (unpaired) electrons. The fourth-order valence-electron chi connectivity index (χ4n) is 3.38. The number of hydrogen-bond donors (Lipinski definition) is 1. The SMILES string of the molecule is Cc1ccc(CNc2cc(Cl)c(CCN(C)CCN(C)C(=O)OC(C)(C)C)cc2[N+](=O)[O-])cc1C. The molecule has 2 aromatic rings. The summed E-state index contributed by atoms with van der Waals surface area (Å²) in [6.45, 7) is 11.8. The number of ether oxygens (including phenoxy) is 1. The topological polar surface area (TPSA) is 88.0 Å². The molecule has 1 N–H and O–H groups in total. The number of amides is 1. The molecular weight excluding hydrogens is 468 g/mol. The van der Waals surface area contributed by atoms with Gasteiger partial charge in [0.05, 0.1) is 4.92 Å². The Morgan fingerprint density at radius 3 is 2.37 bits per heavy atom. The van der Waals surface area contributed by atoms with Crippen LogP contribution in [0.25, 0.3) is 0 Å². The minimum absolute atomic E-state index is 0.000505. The summed E-state index contributed by atoms with van der Waals surface area (Å²) in [4.78, 5) is 27.0. The number of nitro groups is 1. The van der Waals surface area contributed by atoms with Crippen LogP contribution in [0, 0.1) is 24.0 Å². The largest absolute Gasteiger partial charge is 0.444 e. The number of nitro benzene ring substituents is 1. The van der Waals surface area contributed by atoms with Gasteiger partial charge in [-0.2, -0.15) is 0 Å². The predicted octanol–water partition coefficient (Wildman–Crippen LogP) is 5.82. The third-order valence-electron chi connectivity index (χ3n) is 5.70. The fraction of sp³-hybridized carbons (Fsp3) is 0.500. The van der Waals surface area contributed by atoms with Gasteiger partial charge in [0.2, 0.25) is 0 Å². The normalized spacial score (nSPS) is 11.5. The van der Waals surface area contributed by atoms with E-state index in [0.29, 0.717) is 48.9 Å². The molecule has 0 saturated carbocycles. The van der Waals surface area contributed by atoms with Gasteiger partial charge < -0.3 is 19.9 Å². The lowest BCUT2D eigenvalue weighted by Crippen LogP contribution is -2.38. The molecule has 0 bridgehead atoms. The van der Waals surface area contributed by atoms with Gasteiger partial charge >= 0.3 is 6.09 Å². The molecule has 35 heavy (non-hydrogen) atoms. The van der Waals surface area contributed by atoms with Crippen LogP contribution in [0.1, 0.15) is 43.0 Å². The highest BCUT2D eigenvalue weighted by Gasteiger charge is 2.20. The van der Waals surface area contributed by atoms with Crippen molar-refractivity contribution in [1.29, 1.82) is 0 Å². The van der Waals surface area contributed by atoms with Crippen molar-refractivity contribution in [3.05, 3.63) is 67.7 Å². The van der Waals surface area contributed by atoms with E-state index in [-0.39, 0.29) is 16.7 Å². The van der Waals surface area contributed by atoms with Crippen LogP contribution in [-0.2, 0) is 17.7 Å². The highest BCUT2D eigenvalue weighted by Crippen LogP contribution is 2.32. The lowest BCUT2D eigenvalue weighted by molar-refractivity contribution is -0.384. The van der Waals surface area contributed by atoms with Crippen LogP contribution in [0.5, 0.6) is 0 Å². The quantitative estimate of drug-likeness (QED) is 0.324. The smallest absolute Gasteiger partial charge is 0.410 e. The molecule has 0 spiro atoms. The monoisotopic (exact) mass is 504 g/mol. The molecule has 0 saturated heterocycles. The van der Waals surface area contributed by atoms with Gasteiger partial charge in [0.25, 0.3) is 5.69 Å². The summed E-state index contributed by atoms with van der Waals surface area (Å²) < 4.78 is 5.36. The number of aryl methyl sites for hydroxylation is 2. The van der Waals surface area contributed by atoms with Crippen LogP contribution < -0.4 is 5.32 Å². The Kier molecular flexibility index (Phi) is 9.92. The summed E-state index contributed by atoms with van der Waals surface area (Å²) in [6, 6.07) is 9.30. The Hall–Kier alpha value is -2.84. The first kappa shape index (κ1) is 28.4. The van der Waals surface area contributed by atoms with Crippen LogP contribution in [0.3, 0.4) is 0 Å². The second kappa shape index (κ2) is 12.2. The average Bonchev–Trinajstić information content (AvgIpc) is 2.76. The Morgan fingerprint density at radius 2 is 1.77 bits per heavy atom. The molecule has 0 aliphatic rings. The van der Waals surface area contributed by atoms with Crippen molar-refractivity contribution in [3.8, 4) is 0 Å². The number of halogens is 1. The zero-order valence-electron chi connectivity index (χ0n) is 21.8. The Morgan fingerprint density at radius 1 is 1.09 bits per heavy atom. The molecule has 0 aliphatic heterocycles. The first-order chi connectivity index (χ1) is 16.3. The maximum atomic E-state index is 12.1. The summed E-state index contributed by atoms with van der Waals surface area (Å²) in [5.41, 5.74) is 3.99. The van der Waals surface area contributed by atoms with E-state index < -0.39 is 5.60 Å². The van der Waals surface area contributed by atoms with E-state index in [1.165, 1.54) is 16.0 Å². The first-order valence-electron chi connectivity index (χ1n) is 11.7. The molecule has 0 heterocycles. The van der Waals surface area contributed by atoms with E-state index in [9.17, 15) is 14.9 Å². The van der Waals surface area contributed by atoms with Gasteiger partial charge in [-0.05, 0) is 76.4 Å². The lowest BCUT2D eigenvalue weighted by atomic mass is 10.1. The van der Waals surface area contributed by atoms with Crippen LogP contribution in [-0.4, -0.2) is 60.1 Å². The fourth-order valence-corrected chi connectivity index (χ4v) is 3.63. The van der Waals surface area contributed by atoms with Crippen molar-refractivity contribution in [2.24, 2.45) is 0 Å². The number of likely N-dealkylation sites (N-methyl/N-ethyl adjacent to an activating group) is 2. The number of anilines is 1. The van der Waals surface area contributed by atoms with Crippen LogP contribution in [0.4, 0.5) is 16.2 Å². The van der Waals surface area contributed by atoms with Crippen molar-refractivity contribution in [3.63, 3.8) is 0 Å². The molecule has 0 aromatic heterocycles. The first-order valence-corrected chi connectivity index (χ1v) is 12.0. The molecule has 0 aliphatic carbocycles. The minimum Gasteiger partial charge on any atom is -0.444 e. The molecule has 0 atom stereocenters. The highest BCUT2D eigenvalue weighted by atomic mass is 35.5. The lowest BCUT2D eigenvalue weighted by Gasteiger charge is -2.26. The van der Waals surface area contributed by atoms with E-state index in [2.05, 4.69) is 16.3 Å². The molecule has 2 aromatic carbocycles. The van der Waals surface area contributed by atoms with Crippen LogP contribution in [0.15, 0.2) is 30.3 Å². The second-order valence-electron chi connectivity index (χ2n) is 9.95. The van der Waals surface area contributed by atoms with Gasteiger partial charge in [0, 0.05) is 44.3 Å². The van der Waals surface area contributed by atoms with Gasteiger partial charge in [0.15, 0.2) is 0 Å². The molecule has 8 nitrogen and oxygen atoms in total. The van der Waals surface area contributed by atoms with Crippen LogP contribution in [0.2, 0.25) is 5.02 Å². The highest BCUT2D eigenvalue weighted by molar-refractivity contribution is 6.31. The molecular formula is C26H37ClN4O4. The predicted molar refractivity (Wildman–Crippen MR) is 141 cm³/mol. The Labute approximate surface area is 213 Å². The molecule has 9 heteroatoms. The van der Waals surface area contributed by atoms with Gasteiger partial charge in [0.1, 0.15) is 11.3 Å². The van der Waals surface area contributed by atoms with Crippen molar-refractivity contribution >= 4 is 29.1 Å². The average molecular weight is 505 g/mol. The van der Waals surface area contributed by atoms with Crippen molar-refractivity contribution in [2.75, 3.05) is 39.0 Å². The van der Waals surface area contributed by atoms with Crippen LogP contribution >= 0.6 is 11.6 Å². The van der Waals surface area contributed by atoms with Crippen molar-refractivity contribution in [2.45, 2.75) is 53.2 Å². The molecule has 0 unspecified atom stereocenters. The van der Waals surface area contributed by atoms with Crippen molar-refractivity contribution in [1.82, 2.24) is 9.80 Å². The number of carbonyl (C=O) groups is 1. The zero-order chi connectivity index (χ0) is 26.3. The summed E-state index contributed by atoms with van der Waals surface area (Å²) >= 11 is 6.50. The van der Waals surface area contributed by atoms with E-state index >= 15 is 0 Å². The summed E-state index contributed by atoms with van der Waals surface area (Å²) in [6.07, 6.45) is 0.178. The number of benzene rings is 2. The summed E-state index contributed by atoms with van der Waals surface area (Å²) in [7, 11) is 3.64. The molecule has 2 rings (SSSR count). The number of rotatable bonds is 10. The third kappa shape index (κ3) is 9.03. The zero-order valence-corrected chi connectivity index (χ0v) is 22.5. The second-order valence-corrected chi connectivity index (χ2v) is 10.4. The number of nitrogens with one attached hydrogen (secondary N) is 1. The third-order valence-corrected chi connectivity index (χ3v) is 6.05. The van der Waals surface area contributed by atoms with Gasteiger partial charge in [-0.3, -0.25) is 10.1 Å². The maximum absolute atomic E-state index is 12.1. The summed E-state index contributed by atoms with van der Waals surface area (Å²) in [5, 5.41) is 15.4. The number of carbonyl (C=O) groups excluding carboxylic acids is 1. The molecule has 0 fully saturated rings.